The fourth-order valence-corrected chi connectivity index (χ4v) is 3.51. The van der Waals surface area contributed by atoms with Gasteiger partial charge in [0.1, 0.15) is 11.3 Å². The molecule has 0 spiro atoms. The predicted octanol–water partition coefficient (Wildman–Crippen LogP) is 6.17. The van der Waals surface area contributed by atoms with Crippen LogP contribution in [0.4, 0.5) is 5.69 Å². The van der Waals surface area contributed by atoms with Crippen LogP contribution in [0.5, 0.6) is 5.75 Å². The summed E-state index contributed by atoms with van der Waals surface area (Å²) >= 11 is 12.0. The zero-order valence-electron chi connectivity index (χ0n) is 16.4. The Morgan fingerprint density at radius 3 is 2.48 bits per heavy atom. The van der Waals surface area contributed by atoms with Gasteiger partial charge in [-0.1, -0.05) is 53.5 Å². The topological polar surface area (TPSA) is 68.5 Å². The number of nitrogens with one attached hydrogen (secondary N) is 1. The summed E-state index contributed by atoms with van der Waals surface area (Å²) in [5.74, 6) is 0.0241. The highest BCUT2D eigenvalue weighted by Gasteiger charge is 2.17. The third kappa shape index (κ3) is 4.74. The monoisotopic (exact) mass is 453 g/mol. The molecule has 1 heterocycles. The molecule has 31 heavy (non-hydrogen) atoms. The number of anilines is 1. The van der Waals surface area contributed by atoms with Crippen LogP contribution in [0.25, 0.3) is 22.1 Å². The Morgan fingerprint density at radius 2 is 1.74 bits per heavy atom. The molecule has 1 unspecified atom stereocenters. The number of halogens is 2. The summed E-state index contributed by atoms with van der Waals surface area (Å²) in [6.45, 7) is 1.62. The number of hydrogen-bond donors (Lipinski definition) is 1. The van der Waals surface area contributed by atoms with Gasteiger partial charge >= 0.3 is 5.63 Å². The van der Waals surface area contributed by atoms with Crippen LogP contribution in [-0.4, -0.2) is 12.0 Å². The number of amides is 1. The number of rotatable bonds is 5. The Morgan fingerprint density at radius 1 is 1.00 bits per heavy atom. The summed E-state index contributed by atoms with van der Waals surface area (Å²) in [5.41, 5.74) is 1.82. The molecule has 0 aliphatic carbocycles. The molecule has 5 nitrogen and oxygen atoms in total. The number of benzene rings is 3. The average Bonchev–Trinajstić information content (AvgIpc) is 2.75. The molecular formula is C24H17Cl2NO4. The Labute approximate surface area is 188 Å². The summed E-state index contributed by atoms with van der Waals surface area (Å²) in [7, 11) is 0. The van der Waals surface area contributed by atoms with Crippen molar-refractivity contribution in [2.75, 3.05) is 5.32 Å². The quantitative estimate of drug-likeness (QED) is 0.366. The number of para-hydroxylation sites is 1. The van der Waals surface area contributed by atoms with E-state index < -0.39 is 11.7 Å². The van der Waals surface area contributed by atoms with E-state index in [0.717, 1.165) is 5.39 Å². The Balaban J connectivity index is 1.47. The molecule has 1 N–H and O–H groups in total. The van der Waals surface area contributed by atoms with Gasteiger partial charge in [0.05, 0.1) is 10.6 Å². The third-order valence-corrected chi connectivity index (χ3v) is 5.20. The van der Waals surface area contributed by atoms with Gasteiger partial charge in [0, 0.05) is 16.1 Å². The van der Waals surface area contributed by atoms with Gasteiger partial charge in [0.15, 0.2) is 6.10 Å². The van der Waals surface area contributed by atoms with Crippen molar-refractivity contribution in [3.63, 3.8) is 0 Å². The lowest BCUT2D eigenvalue weighted by atomic mass is 10.1. The second-order valence-electron chi connectivity index (χ2n) is 6.89. The normalized spacial score (nSPS) is 11.8. The molecule has 156 valence electrons. The Kier molecular flexibility index (Phi) is 5.98. The van der Waals surface area contributed by atoms with E-state index >= 15 is 0 Å². The first-order valence-corrected chi connectivity index (χ1v) is 10.2. The number of ether oxygens (including phenoxy) is 1. The van der Waals surface area contributed by atoms with E-state index in [1.54, 1.807) is 61.5 Å². The zero-order valence-corrected chi connectivity index (χ0v) is 17.9. The van der Waals surface area contributed by atoms with Gasteiger partial charge < -0.3 is 14.5 Å². The summed E-state index contributed by atoms with van der Waals surface area (Å²) in [5, 5.41) is 4.42. The van der Waals surface area contributed by atoms with Gasteiger partial charge in [0.25, 0.3) is 5.91 Å². The minimum atomic E-state index is -0.786. The lowest BCUT2D eigenvalue weighted by molar-refractivity contribution is -0.122. The molecule has 0 fully saturated rings. The van der Waals surface area contributed by atoms with Crippen LogP contribution >= 0.6 is 23.2 Å². The summed E-state index contributed by atoms with van der Waals surface area (Å²) in [6.07, 6.45) is -0.786. The van der Waals surface area contributed by atoms with Crippen molar-refractivity contribution < 1.29 is 13.9 Å². The molecule has 0 aliphatic heterocycles. The number of carbonyl (C=O) groups is 1. The molecule has 1 aromatic heterocycles. The maximum atomic E-state index is 12.5. The molecule has 1 atom stereocenters. The third-order valence-electron chi connectivity index (χ3n) is 4.67. The van der Waals surface area contributed by atoms with E-state index in [9.17, 15) is 9.59 Å². The molecule has 4 aromatic rings. The van der Waals surface area contributed by atoms with Gasteiger partial charge in [0.2, 0.25) is 0 Å². The van der Waals surface area contributed by atoms with Crippen molar-refractivity contribution in [2.24, 2.45) is 0 Å². The lowest BCUT2D eigenvalue weighted by Crippen LogP contribution is -2.30. The molecule has 0 aliphatic rings. The lowest BCUT2D eigenvalue weighted by Gasteiger charge is -2.16. The Hall–Kier alpha value is -3.28. The van der Waals surface area contributed by atoms with Crippen molar-refractivity contribution in [3.8, 4) is 16.9 Å². The largest absolute Gasteiger partial charge is 0.479 e. The molecule has 4 rings (SSSR count). The van der Waals surface area contributed by atoms with E-state index in [1.807, 2.05) is 18.2 Å². The molecular weight excluding hydrogens is 437 g/mol. The van der Waals surface area contributed by atoms with Gasteiger partial charge in [-0.15, -0.1) is 0 Å². The van der Waals surface area contributed by atoms with E-state index in [2.05, 4.69) is 5.32 Å². The fraction of sp³-hybridized carbons (Fsp3) is 0.0833. The van der Waals surface area contributed by atoms with Crippen molar-refractivity contribution in [2.45, 2.75) is 13.0 Å². The van der Waals surface area contributed by atoms with Crippen LogP contribution in [0.1, 0.15) is 6.92 Å². The van der Waals surface area contributed by atoms with Crippen LogP contribution in [0, 0.1) is 0 Å². The van der Waals surface area contributed by atoms with Crippen molar-refractivity contribution in [1.29, 1.82) is 0 Å². The molecule has 7 heteroatoms. The standard InChI is InChI=1S/C24H17Cl2NO4/c1-14(30-22-11-8-17(25)13-20(22)26)23(28)27-18-9-6-15(7-10-18)19-12-16-4-2-3-5-21(16)31-24(19)29/h2-14H,1H3,(H,27,28). The van der Waals surface area contributed by atoms with Crippen molar-refractivity contribution in [1.82, 2.24) is 0 Å². The number of hydrogen-bond acceptors (Lipinski definition) is 4. The first-order chi connectivity index (χ1) is 14.9. The van der Waals surface area contributed by atoms with Gasteiger partial charge in [-0.05, 0) is 55.0 Å². The fourth-order valence-electron chi connectivity index (χ4n) is 3.05. The highest BCUT2D eigenvalue weighted by molar-refractivity contribution is 6.35. The molecule has 3 aromatic carbocycles. The maximum absolute atomic E-state index is 12.5. The summed E-state index contributed by atoms with van der Waals surface area (Å²) in [6, 6.07) is 20.8. The van der Waals surface area contributed by atoms with E-state index in [4.69, 9.17) is 32.4 Å². The van der Waals surface area contributed by atoms with Crippen LogP contribution in [-0.2, 0) is 4.79 Å². The van der Waals surface area contributed by atoms with E-state index in [-0.39, 0.29) is 5.91 Å². The predicted molar refractivity (Wildman–Crippen MR) is 123 cm³/mol. The molecule has 0 saturated heterocycles. The van der Waals surface area contributed by atoms with E-state index in [1.165, 1.54) is 0 Å². The highest BCUT2D eigenvalue weighted by Crippen LogP contribution is 2.28. The van der Waals surface area contributed by atoms with Crippen LogP contribution in [0.15, 0.2) is 82.0 Å². The van der Waals surface area contributed by atoms with Gasteiger partial charge in [-0.3, -0.25) is 4.79 Å². The first-order valence-electron chi connectivity index (χ1n) is 9.46. The molecule has 0 saturated carbocycles. The van der Waals surface area contributed by atoms with Crippen LogP contribution in [0.3, 0.4) is 0 Å². The summed E-state index contributed by atoms with van der Waals surface area (Å²) < 4.78 is 11.0. The smallest absolute Gasteiger partial charge is 0.344 e. The minimum absolute atomic E-state index is 0.325. The van der Waals surface area contributed by atoms with E-state index in [0.29, 0.717) is 38.2 Å². The molecule has 0 bridgehead atoms. The van der Waals surface area contributed by atoms with Crippen molar-refractivity contribution in [3.05, 3.63) is 93.3 Å². The number of carbonyl (C=O) groups excluding carboxylic acids is 1. The van der Waals surface area contributed by atoms with Crippen molar-refractivity contribution >= 4 is 45.8 Å². The second kappa shape index (κ2) is 8.84. The van der Waals surface area contributed by atoms with Crippen LogP contribution < -0.4 is 15.7 Å². The first kappa shape index (κ1) is 21.0. The van der Waals surface area contributed by atoms with Gasteiger partial charge in [-0.2, -0.15) is 0 Å². The average molecular weight is 454 g/mol. The zero-order chi connectivity index (χ0) is 22.0. The van der Waals surface area contributed by atoms with Crippen LogP contribution in [0.2, 0.25) is 10.0 Å². The second-order valence-corrected chi connectivity index (χ2v) is 7.73. The number of fused-ring (bicyclic) bond motifs is 1. The highest BCUT2D eigenvalue weighted by atomic mass is 35.5. The molecule has 0 radical (unpaired) electrons. The SMILES string of the molecule is CC(Oc1ccc(Cl)cc1Cl)C(=O)Nc1ccc(-c2cc3ccccc3oc2=O)cc1. The Bertz CT molecular complexity index is 1320. The van der Waals surface area contributed by atoms with Gasteiger partial charge in [-0.25, -0.2) is 4.79 Å². The molecule has 1 amide bonds. The summed E-state index contributed by atoms with van der Waals surface area (Å²) in [4.78, 5) is 24.8. The maximum Gasteiger partial charge on any atom is 0.344 e. The minimum Gasteiger partial charge on any atom is -0.479 e.